The lowest BCUT2D eigenvalue weighted by Gasteiger charge is -2.35. The maximum Gasteiger partial charge on any atom is 0.282 e. The fourth-order valence-corrected chi connectivity index (χ4v) is 6.72. The molecular formula is C38H36N4O4S. The van der Waals surface area contributed by atoms with Gasteiger partial charge in [0.1, 0.15) is 11.5 Å². The number of anilines is 1. The van der Waals surface area contributed by atoms with Crippen molar-refractivity contribution < 1.29 is 14.3 Å². The summed E-state index contributed by atoms with van der Waals surface area (Å²) in [5.41, 5.74) is 4.04. The van der Waals surface area contributed by atoms with Crippen molar-refractivity contribution in [1.29, 1.82) is 0 Å². The van der Waals surface area contributed by atoms with E-state index in [1.807, 2.05) is 66.9 Å². The highest BCUT2D eigenvalue weighted by Crippen LogP contribution is 2.45. The average molecular weight is 645 g/mol. The van der Waals surface area contributed by atoms with Gasteiger partial charge in [-0.3, -0.25) is 14.2 Å². The Kier molecular flexibility index (Phi) is 9.54. The van der Waals surface area contributed by atoms with Gasteiger partial charge in [0.25, 0.3) is 5.56 Å². The summed E-state index contributed by atoms with van der Waals surface area (Å²) in [6.45, 7) is 0. The van der Waals surface area contributed by atoms with Crippen molar-refractivity contribution in [2.75, 3.05) is 25.8 Å². The minimum absolute atomic E-state index is 0.0112. The lowest BCUT2D eigenvalue weighted by Crippen LogP contribution is -2.34. The Morgan fingerprint density at radius 1 is 0.872 bits per heavy atom. The van der Waals surface area contributed by atoms with E-state index in [4.69, 9.17) is 19.5 Å². The van der Waals surface area contributed by atoms with Crippen molar-refractivity contribution >= 4 is 34.8 Å². The van der Waals surface area contributed by atoms with Gasteiger partial charge in [-0.1, -0.05) is 72.4 Å². The first-order valence-corrected chi connectivity index (χ1v) is 16.6. The number of benzene rings is 4. The third-order valence-corrected chi connectivity index (χ3v) is 9.36. The van der Waals surface area contributed by atoms with Crippen molar-refractivity contribution in [2.24, 2.45) is 18.0 Å². The Morgan fingerprint density at radius 3 is 2.06 bits per heavy atom. The summed E-state index contributed by atoms with van der Waals surface area (Å²) in [6, 6.07) is 34.6. The zero-order valence-corrected chi connectivity index (χ0v) is 27.5. The Hall–Kier alpha value is -5.15. The highest BCUT2D eigenvalue weighted by molar-refractivity contribution is 7.98. The topological polar surface area (TPSA) is 94.8 Å². The summed E-state index contributed by atoms with van der Waals surface area (Å²) in [5.74, 6) is 1.03. The van der Waals surface area contributed by atoms with Gasteiger partial charge in [0.15, 0.2) is 22.4 Å². The van der Waals surface area contributed by atoms with Gasteiger partial charge < -0.3 is 14.8 Å². The molecule has 5 aromatic rings. The molecule has 1 N–H and O–H groups in total. The molecule has 6 rings (SSSR count). The minimum atomic E-state index is -0.410. The van der Waals surface area contributed by atoms with Crippen molar-refractivity contribution in [1.82, 2.24) is 9.55 Å². The second kappa shape index (κ2) is 14.1. The van der Waals surface area contributed by atoms with Gasteiger partial charge in [0, 0.05) is 30.9 Å². The van der Waals surface area contributed by atoms with Crippen LogP contribution < -0.4 is 20.3 Å². The van der Waals surface area contributed by atoms with Crippen LogP contribution in [0.15, 0.2) is 124 Å². The molecule has 0 amide bonds. The molecule has 0 bridgehead atoms. The first kappa shape index (κ1) is 31.8. The number of aromatic nitrogens is 2. The molecule has 1 unspecified atom stereocenters. The molecule has 1 aromatic heterocycles. The van der Waals surface area contributed by atoms with E-state index < -0.39 is 12.0 Å². The summed E-state index contributed by atoms with van der Waals surface area (Å²) in [5, 5.41) is 4.24. The van der Waals surface area contributed by atoms with Gasteiger partial charge in [-0.25, -0.2) is 9.98 Å². The van der Waals surface area contributed by atoms with Crippen LogP contribution >= 0.6 is 11.8 Å². The van der Waals surface area contributed by atoms with Crippen molar-refractivity contribution in [2.45, 2.75) is 23.5 Å². The fraction of sp³-hybridized carbons (Fsp3) is 0.211. The second-order valence-electron chi connectivity index (χ2n) is 11.3. The Labute approximate surface area is 278 Å². The number of hydrogen-bond donors (Lipinski definition) is 1. The average Bonchev–Trinajstić information content (AvgIpc) is 3.30. The zero-order valence-electron chi connectivity index (χ0n) is 26.7. The van der Waals surface area contributed by atoms with Gasteiger partial charge in [0.05, 0.1) is 26.0 Å². The van der Waals surface area contributed by atoms with Crippen LogP contribution in [0, 0.1) is 5.92 Å². The van der Waals surface area contributed by atoms with E-state index in [2.05, 4.69) is 29.6 Å². The van der Waals surface area contributed by atoms with Crippen LogP contribution in [0.4, 0.5) is 11.5 Å². The van der Waals surface area contributed by atoms with Gasteiger partial charge in [-0.05, 0) is 71.5 Å². The van der Waals surface area contributed by atoms with Crippen LogP contribution in [-0.2, 0) is 7.05 Å². The molecule has 9 heteroatoms. The number of carbonyl (C=O) groups excluding carboxylic acids is 1. The maximum atomic E-state index is 14.1. The van der Waals surface area contributed by atoms with E-state index in [0.717, 1.165) is 16.7 Å². The zero-order chi connectivity index (χ0) is 32.9. The number of nitrogens with zero attached hydrogens (tertiary/aromatic N) is 3. The van der Waals surface area contributed by atoms with Crippen molar-refractivity contribution in [3.8, 4) is 11.5 Å². The van der Waals surface area contributed by atoms with E-state index in [9.17, 15) is 9.59 Å². The van der Waals surface area contributed by atoms with Crippen LogP contribution in [0.5, 0.6) is 11.5 Å². The lowest BCUT2D eigenvalue weighted by atomic mass is 9.72. The van der Waals surface area contributed by atoms with E-state index in [1.54, 1.807) is 45.5 Å². The van der Waals surface area contributed by atoms with Gasteiger partial charge in [-0.2, -0.15) is 0 Å². The molecule has 238 valence electrons. The number of thioether (sulfide) groups is 1. The number of carbonyl (C=O) groups is 1. The number of nitrogens with one attached hydrogen (secondary N) is 1. The van der Waals surface area contributed by atoms with Crippen LogP contribution in [0.3, 0.4) is 0 Å². The lowest BCUT2D eigenvalue weighted by molar-refractivity contribution is 0.0967. The Balaban J connectivity index is 1.61. The number of ether oxygens (including phenoxy) is 2. The molecular weight excluding hydrogens is 609 g/mol. The number of fused-ring (bicyclic) bond motifs is 1. The quantitative estimate of drug-likeness (QED) is 0.0957. The highest BCUT2D eigenvalue weighted by atomic mass is 32.2. The molecule has 3 atom stereocenters. The molecule has 47 heavy (non-hydrogen) atoms. The molecule has 1 aliphatic rings. The Morgan fingerprint density at radius 2 is 1.47 bits per heavy atom. The third-order valence-electron chi connectivity index (χ3n) is 8.63. The molecule has 1 aliphatic heterocycles. The van der Waals surface area contributed by atoms with Crippen LogP contribution in [-0.4, -0.2) is 41.5 Å². The van der Waals surface area contributed by atoms with Crippen LogP contribution in [0.2, 0.25) is 0 Å². The van der Waals surface area contributed by atoms with Crippen LogP contribution in [0.25, 0.3) is 0 Å². The molecule has 8 nitrogen and oxygen atoms in total. The molecule has 0 spiro atoms. The van der Waals surface area contributed by atoms with E-state index >= 15 is 0 Å². The maximum absolute atomic E-state index is 14.1. The van der Waals surface area contributed by atoms with Gasteiger partial charge in [0.2, 0.25) is 0 Å². The number of Topliss-reactive ketones (excluding diaryl/α,β-unsaturated/α-hetero) is 1. The predicted molar refractivity (Wildman–Crippen MR) is 188 cm³/mol. The van der Waals surface area contributed by atoms with Crippen LogP contribution in [0.1, 0.15) is 45.4 Å². The molecule has 0 radical (unpaired) electrons. The predicted octanol–water partition coefficient (Wildman–Crippen LogP) is 7.48. The van der Waals surface area contributed by atoms with E-state index in [0.29, 0.717) is 33.7 Å². The first-order valence-electron chi connectivity index (χ1n) is 15.3. The SMILES string of the molecule is COc1ccc(C(=O)C[C@@H](c2ccccc2)[C@H]2C(c3ccc(OC)cc3)=Nc3c(nc(SC)n(C)c3=O)NC2c2ccccc2)cc1. The van der Waals surface area contributed by atoms with Crippen molar-refractivity contribution in [3.05, 3.63) is 142 Å². The second-order valence-corrected chi connectivity index (χ2v) is 12.1. The largest absolute Gasteiger partial charge is 0.497 e. The molecule has 0 aliphatic carbocycles. The molecule has 4 aromatic carbocycles. The number of methoxy groups -OCH3 is 2. The van der Waals surface area contributed by atoms with Gasteiger partial charge >= 0.3 is 0 Å². The third kappa shape index (κ3) is 6.57. The molecule has 0 saturated heterocycles. The normalized spacial score (nSPS) is 16.2. The summed E-state index contributed by atoms with van der Waals surface area (Å²) in [6.07, 6.45) is 2.09. The summed E-state index contributed by atoms with van der Waals surface area (Å²) >= 11 is 1.40. The molecule has 0 saturated carbocycles. The number of rotatable bonds is 10. The first-order chi connectivity index (χ1) is 22.9. The fourth-order valence-electron chi connectivity index (χ4n) is 6.18. The monoisotopic (exact) mass is 644 g/mol. The number of hydrogen-bond acceptors (Lipinski definition) is 8. The highest BCUT2D eigenvalue weighted by Gasteiger charge is 2.40. The summed E-state index contributed by atoms with van der Waals surface area (Å²) in [4.78, 5) is 38.1. The molecule has 2 heterocycles. The number of aliphatic imine (C=N–C) groups is 1. The van der Waals surface area contributed by atoms with E-state index in [1.165, 1.54) is 16.3 Å². The Bertz CT molecular complexity index is 1940. The van der Waals surface area contributed by atoms with E-state index in [-0.39, 0.29) is 29.4 Å². The van der Waals surface area contributed by atoms with Crippen molar-refractivity contribution in [3.63, 3.8) is 0 Å². The summed E-state index contributed by atoms with van der Waals surface area (Å²) < 4.78 is 12.3. The summed E-state index contributed by atoms with van der Waals surface area (Å²) in [7, 11) is 4.94. The number of ketones is 1. The standard InChI is InChI=1S/C38H36N4O4S/c1-42-37(44)35-36(41-38(42)47-4)40-34(26-13-9-6-10-14-26)32(33(39-35)27-17-21-29(46-3)22-18-27)30(24-11-7-5-8-12-24)23-31(43)25-15-19-28(45-2)20-16-25/h5-22,30,32,34,40H,23H2,1-4H3/t30-,32-,34?/m0/s1. The minimum Gasteiger partial charge on any atom is -0.497 e. The van der Waals surface area contributed by atoms with Gasteiger partial charge in [-0.15, -0.1) is 0 Å². The smallest absolute Gasteiger partial charge is 0.282 e. The molecule has 0 fully saturated rings.